The summed E-state index contributed by atoms with van der Waals surface area (Å²) >= 11 is 0. The van der Waals surface area contributed by atoms with Gasteiger partial charge < -0.3 is 19.9 Å². The van der Waals surface area contributed by atoms with E-state index >= 15 is 0 Å². The second-order valence-electron chi connectivity index (χ2n) is 9.25. The van der Waals surface area contributed by atoms with Crippen LogP contribution < -0.4 is 10.1 Å². The number of methoxy groups -OCH3 is 1. The number of piperazine rings is 1. The molecule has 0 aliphatic carbocycles. The summed E-state index contributed by atoms with van der Waals surface area (Å²) in [6, 6.07) is 11.3. The Morgan fingerprint density at radius 1 is 1.10 bits per heavy atom. The highest BCUT2D eigenvalue weighted by Crippen LogP contribution is 2.28. The van der Waals surface area contributed by atoms with Crippen LogP contribution in [0.5, 0.6) is 5.88 Å². The molecule has 4 aromatic rings. The van der Waals surface area contributed by atoms with Crippen molar-refractivity contribution in [1.82, 2.24) is 34.7 Å². The van der Waals surface area contributed by atoms with E-state index < -0.39 is 18.5 Å². The Morgan fingerprint density at radius 3 is 2.64 bits per heavy atom. The summed E-state index contributed by atoms with van der Waals surface area (Å²) in [5, 5.41) is 3.21. The zero-order valence-electron chi connectivity index (χ0n) is 21.4. The number of amides is 1. The summed E-state index contributed by atoms with van der Waals surface area (Å²) < 4.78 is 42.9. The third kappa shape index (κ3) is 6.25. The number of halogens is 3. The number of nitrogens with zero attached hydrogens (tertiary/aromatic N) is 6. The number of rotatable bonds is 7. The molecule has 2 N–H and O–H groups in total. The summed E-state index contributed by atoms with van der Waals surface area (Å²) in [5.41, 5.74) is 4.17. The van der Waals surface area contributed by atoms with Gasteiger partial charge in [-0.25, -0.2) is 19.9 Å². The van der Waals surface area contributed by atoms with Gasteiger partial charge in [-0.3, -0.25) is 9.69 Å². The molecule has 0 radical (unpaired) electrons. The molecule has 0 saturated carbocycles. The van der Waals surface area contributed by atoms with Gasteiger partial charge in [0.25, 0.3) is 0 Å². The lowest BCUT2D eigenvalue weighted by atomic mass is 10.1. The molecule has 4 heterocycles. The first-order chi connectivity index (χ1) is 18.7. The Balaban J connectivity index is 1.25. The number of aromatic nitrogens is 5. The number of imidazole rings is 1. The molecule has 1 saturated heterocycles. The van der Waals surface area contributed by atoms with Gasteiger partial charge in [0.1, 0.15) is 18.6 Å². The molecule has 1 aliphatic heterocycles. The highest BCUT2D eigenvalue weighted by atomic mass is 19.4. The summed E-state index contributed by atoms with van der Waals surface area (Å²) in [6.45, 7) is 3.52. The number of carbonyl (C=O) groups is 1. The van der Waals surface area contributed by atoms with E-state index in [1.807, 2.05) is 37.3 Å². The number of ether oxygens (including phenoxy) is 1. The van der Waals surface area contributed by atoms with Gasteiger partial charge in [0, 0.05) is 50.0 Å². The number of pyridine rings is 1. The van der Waals surface area contributed by atoms with E-state index in [0.717, 1.165) is 27.9 Å². The van der Waals surface area contributed by atoms with Crippen molar-refractivity contribution in [1.29, 1.82) is 0 Å². The maximum atomic E-state index is 12.6. The summed E-state index contributed by atoms with van der Waals surface area (Å²) in [6.07, 6.45) is -2.76. The maximum Gasteiger partial charge on any atom is 0.397 e. The number of hydrogen-bond acceptors (Lipinski definition) is 8. The second kappa shape index (κ2) is 10.8. The van der Waals surface area contributed by atoms with Crippen LogP contribution in [0, 0.1) is 0 Å². The minimum Gasteiger partial charge on any atom is -0.481 e. The van der Waals surface area contributed by atoms with Crippen molar-refractivity contribution in [2.45, 2.75) is 25.6 Å². The van der Waals surface area contributed by atoms with E-state index in [1.165, 1.54) is 11.2 Å². The van der Waals surface area contributed by atoms with E-state index in [0.29, 0.717) is 30.7 Å². The highest BCUT2D eigenvalue weighted by molar-refractivity contribution is 5.83. The fraction of sp³-hybridized carbons (Fsp3) is 0.346. The van der Waals surface area contributed by atoms with E-state index in [2.05, 4.69) is 35.1 Å². The van der Waals surface area contributed by atoms with Crippen LogP contribution in [0.15, 0.2) is 48.9 Å². The van der Waals surface area contributed by atoms with Crippen LogP contribution >= 0.6 is 0 Å². The van der Waals surface area contributed by atoms with Crippen molar-refractivity contribution in [3.8, 4) is 17.1 Å². The number of hydrogen-bond donors (Lipinski definition) is 2. The molecule has 204 valence electrons. The number of anilines is 2. The molecule has 1 amide bonds. The molecule has 0 bridgehead atoms. The van der Waals surface area contributed by atoms with Crippen molar-refractivity contribution in [3.05, 3.63) is 54.5 Å². The van der Waals surface area contributed by atoms with Crippen LogP contribution in [0.2, 0.25) is 0 Å². The van der Waals surface area contributed by atoms with Crippen LogP contribution in [0.4, 0.5) is 24.9 Å². The monoisotopic (exact) mass is 540 g/mol. The third-order valence-corrected chi connectivity index (χ3v) is 6.71. The summed E-state index contributed by atoms with van der Waals surface area (Å²) in [7, 11) is 1.55. The molecule has 1 fully saturated rings. The first-order valence-electron chi connectivity index (χ1n) is 12.4. The smallest absolute Gasteiger partial charge is 0.397 e. The quantitative estimate of drug-likeness (QED) is 0.357. The van der Waals surface area contributed by atoms with Crippen LogP contribution in [0.3, 0.4) is 0 Å². The molecular formula is C26H27F3N8O2. The molecule has 39 heavy (non-hydrogen) atoms. The van der Waals surface area contributed by atoms with Gasteiger partial charge >= 0.3 is 6.18 Å². The van der Waals surface area contributed by atoms with Crippen molar-refractivity contribution in [3.63, 3.8) is 0 Å². The molecule has 1 unspecified atom stereocenters. The fourth-order valence-corrected chi connectivity index (χ4v) is 4.59. The van der Waals surface area contributed by atoms with Gasteiger partial charge in [0.05, 0.1) is 23.8 Å². The lowest BCUT2D eigenvalue weighted by Gasteiger charge is -2.38. The number of fused-ring (bicyclic) bond motifs is 1. The number of benzene rings is 1. The predicted octanol–water partition coefficient (Wildman–Crippen LogP) is 4.32. The third-order valence-electron chi connectivity index (χ3n) is 6.71. The van der Waals surface area contributed by atoms with Gasteiger partial charge in [-0.05, 0) is 36.8 Å². The average Bonchev–Trinajstić information content (AvgIpc) is 3.33. The van der Waals surface area contributed by atoms with Gasteiger partial charge in [-0.1, -0.05) is 6.07 Å². The SMILES string of the molecule is COc1cc(-c2ccc3nc(Nc4cc(C(C)N5CCN(C(=O)CC(F)(F)F)CC5)ccn4)[nH]c3c2)ncn1. The van der Waals surface area contributed by atoms with Crippen molar-refractivity contribution >= 4 is 28.7 Å². The van der Waals surface area contributed by atoms with E-state index in [4.69, 9.17) is 4.74 Å². The van der Waals surface area contributed by atoms with Gasteiger partial charge in [-0.2, -0.15) is 13.2 Å². The van der Waals surface area contributed by atoms with Gasteiger partial charge in [0.15, 0.2) is 0 Å². The number of nitrogens with one attached hydrogen (secondary N) is 2. The van der Waals surface area contributed by atoms with Gasteiger partial charge in [0.2, 0.25) is 17.7 Å². The number of H-pyrrole nitrogens is 1. The van der Waals surface area contributed by atoms with Crippen LogP contribution in [-0.2, 0) is 4.79 Å². The summed E-state index contributed by atoms with van der Waals surface area (Å²) in [4.78, 5) is 36.0. The summed E-state index contributed by atoms with van der Waals surface area (Å²) in [5.74, 6) is 0.721. The molecular weight excluding hydrogens is 513 g/mol. The minimum absolute atomic E-state index is 0.0171. The zero-order valence-corrected chi connectivity index (χ0v) is 21.4. The Morgan fingerprint density at radius 2 is 1.90 bits per heavy atom. The van der Waals surface area contributed by atoms with E-state index in [9.17, 15) is 18.0 Å². The molecule has 3 aromatic heterocycles. The lowest BCUT2D eigenvalue weighted by molar-refractivity contribution is -0.162. The Hall–Kier alpha value is -4.26. The Kier molecular flexibility index (Phi) is 7.33. The molecule has 5 rings (SSSR count). The molecule has 0 spiro atoms. The first-order valence-corrected chi connectivity index (χ1v) is 12.4. The number of alkyl halides is 3. The fourth-order valence-electron chi connectivity index (χ4n) is 4.59. The van der Waals surface area contributed by atoms with Gasteiger partial charge in [-0.15, -0.1) is 0 Å². The first kappa shape index (κ1) is 26.4. The molecule has 10 nitrogen and oxygen atoms in total. The Labute approximate surface area is 222 Å². The Bertz CT molecular complexity index is 1470. The molecule has 1 atom stereocenters. The predicted molar refractivity (Wildman–Crippen MR) is 138 cm³/mol. The highest BCUT2D eigenvalue weighted by Gasteiger charge is 2.35. The standard InChI is InChI=1S/C26H27F3N8O2/c1-16(36-7-9-37(10-8-36)24(38)14-26(27,28)29)17-5-6-30-22(12-17)35-25-33-19-4-3-18(11-21(19)34-25)20-13-23(39-2)32-15-31-20/h3-6,11-13,15-16H,7-10,14H2,1-2H3,(H2,30,33,34,35). The van der Waals surface area contributed by atoms with Crippen LogP contribution in [-0.4, -0.2) is 80.1 Å². The zero-order chi connectivity index (χ0) is 27.6. The number of aromatic amines is 1. The van der Waals surface area contributed by atoms with E-state index in [1.54, 1.807) is 19.4 Å². The maximum absolute atomic E-state index is 12.6. The molecule has 1 aliphatic rings. The number of carbonyl (C=O) groups excluding carboxylic acids is 1. The van der Waals surface area contributed by atoms with E-state index in [-0.39, 0.29) is 19.1 Å². The lowest BCUT2D eigenvalue weighted by Crippen LogP contribution is -2.50. The largest absolute Gasteiger partial charge is 0.481 e. The average molecular weight is 541 g/mol. The second-order valence-corrected chi connectivity index (χ2v) is 9.25. The van der Waals surface area contributed by atoms with Crippen molar-refractivity contribution < 1.29 is 22.7 Å². The minimum atomic E-state index is -4.49. The van der Waals surface area contributed by atoms with Crippen molar-refractivity contribution in [2.75, 3.05) is 38.6 Å². The molecule has 1 aromatic carbocycles. The molecule has 13 heteroatoms. The van der Waals surface area contributed by atoms with Crippen molar-refractivity contribution in [2.24, 2.45) is 0 Å². The van der Waals surface area contributed by atoms with Crippen LogP contribution in [0.25, 0.3) is 22.3 Å². The topological polar surface area (TPSA) is 112 Å². The van der Waals surface area contributed by atoms with Crippen LogP contribution in [0.1, 0.15) is 24.9 Å². The normalized spacial score (nSPS) is 15.4.